The molecular formula is C17H17N3O. The molecule has 2 aromatic carbocycles. The first-order valence-electron chi connectivity index (χ1n) is 6.88. The molecule has 0 bridgehead atoms. The highest BCUT2D eigenvalue weighted by Gasteiger charge is 2.02. The van der Waals surface area contributed by atoms with Gasteiger partial charge in [0.2, 0.25) is 5.91 Å². The Morgan fingerprint density at radius 2 is 1.90 bits per heavy atom. The van der Waals surface area contributed by atoms with E-state index in [2.05, 4.69) is 34.6 Å². The van der Waals surface area contributed by atoms with Gasteiger partial charge in [-0.1, -0.05) is 30.3 Å². The number of aromatic amines is 1. The monoisotopic (exact) mass is 279 g/mol. The third kappa shape index (κ3) is 3.05. The van der Waals surface area contributed by atoms with Gasteiger partial charge >= 0.3 is 0 Å². The number of hydrogen-bond donors (Lipinski definition) is 3. The first kappa shape index (κ1) is 13.2. The lowest BCUT2D eigenvalue weighted by atomic mass is 10.1. The summed E-state index contributed by atoms with van der Waals surface area (Å²) in [5, 5.41) is 4.60. The molecule has 21 heavy (non-hydrogen) atoms. The average Bonchev–Trinajstić information content (AvgIpc) is 2.95. The minimum Gasteiger partial charge on any atom is -0.381 e. The molecule has 1 aromatic heterocycles. The van der Waals surface area contributed by atoms with E-state index in [0.29, 0.717) is 0 Å². The third-order valence-corrected chi connectivity index (χ3v) is 3.49. The summed E-state index contributed by atoms with van der Waals surface area (Å²) in [7, 11) is 0. The maximum atomic E-state index is 10.9. The van der Waals surface area contributed by atoms with Crippen molar-refractivity contribution in [1.29, 1.82) is 0 Å². The molecule has 4 heteroatoms. The number of nitrogens with two attached hydrogens (primary N) is 1. The van der Waals surface area contributed by atoms with Crippen molar-refractivity contribution in [3.8, 4) is 0 Å². The van der Waals surface area contributed by atoms with E-state index < -0.39 is 0 Å². The fraction of sp³-hybridized carbons (Fsp3) is 0.118. The van der Waals surface area contributed by atoms with Crippen LogP contribution in [0.3, 0.4) is 0 Å². The van der Waals surface area contributed by atoms with Gasteiger partial charge in [0.1, 0.15) is 0 Å². The van der Waals surface area contributed by atoms with Crippen LogP contribution in [-0.4, -0.2) is 10.9 Å². The quantitative estimate of drug-likeness (QED) is 0.672. The minimum absolute atomic E-state index is 0.280. The van der Waals surface area contributed by atoms with Crippen LogP contribution in [0.5, 0.6) is 0 Å². The van der Waals surface area contributed by atoms with Crippen molar-refractivity contribution < 1.29 is 4.79 Å². The molecule has 0 atom stereocenters. The van der Waals surface area contributed by atoms with Crippen LogP contribution in [0.2, 0.25) is 0 Å². The SMILES string of the molecule is NC(=O)Cc1ccc(NCc2cccc3cc[nH]c23)cc1. The zero-order chi connectivity index (χ0) is 14.7. The molecule has 1 amide bonds. The second-order valence-corrected chi connectivity index (χ2v) is 5.05. The molecule has 4 nitrogen and oxygen atoms in total. The highest BCUT2D eigenvalue weighted by atomic mass is 16.1. The summed E-state index contributed by atoms with van der Waals surface area (Å²) in [6, 6.07) is 16.1. The summed E-state index contributed by atoms with van der Waals surface area (Å²) in [6.45, 7) is 0.743. The Bertz CT molecular complexity index is 759. The summed E-state index contributed by atoms with van der Waals surface area (Å²) in [4.78, 5) is 14.1. The highest BCUT2D eigenvalue weighted by Crippen LogP contribution is 2.18. The lowest BCUT2D eigenvalue weighted by Crippen LogP contribution is -2.13. The molecule has 0 aliphatic rings. The van der Waals surface area contributed by atoms with Crippen molar-refractivity contribution in [2.45, 2.75) is 13.0 Å². The van der Waals surface area contributed by atoms with Crippen molar-refractivity contribution in [2.24, 2.45) is 5.73 Å². The standard InChI is InChI=1S/C17H17N3O/c18-16(21)10-12-4-6-15(7-5-12)20-11-14-3-1-2-13-8-9-19-17(13)14/h1-9,19-20H,10-11H2,(H2,18,21). The molecule has 1 heterocycles. The lowest BCUT2D eigenvalue weighted by molar-refractivity contribution is -0.117. The third-order valence-electron chi connectivity index (χ3n) is 3.49. The Morgan fingerprint density at radius 3 is 2.67 bits per heavy atom. The van der Waals surface area contributed by atoms with Crippen LogP contribution >= 0.6 is 0 Å². The van der Waals surface area contributed by atoms with Gasteiger partial charge in [-0.2, -0.15) is 0 Å². The van der Waals surface area contributed by atoms with E-state index in [1.165, 1.54) is 10.9 Å². The summed E-state index contributed by atoms with van der Waals surface area (Å²) in [5.74, 6) is -0.311. The van der Waals surface area contributed by atoms with Gasteiger partial charge in [0.25, 0.3) is 0 Å². The van der Waals surface area contributed by atoms with Crippen molar-refractivity contribution in [3.63, 3.8) is 0 Å². The predicted molar refractivity (Wildman–Crippen MR) is 85.0 cm³/mol. The number of aromatic nitrogens is 1. The number of rotatable bonds is 5. The molecular weight excluding hydrogens is 262 g/mol. The number of amides is 1. The molecule has 4 N–H and O–H groups in total. The van der Waals surface area contributed by atoms with Gasteiger partial charge in [-0.05, 0) is 34.7 Å². The Morgan fingerprint density at radius 1 is 1.10 bits per heavy atom. The summed E-state index contributed by atoms with van der Waals surface area (Å²) in [6.07, 6.45) is 2.23. The van der Waals surface area contributed by atoms with Crippen LogP contribution in [-0.2, 0) is 17.8 Å². The van der Waals surface area contributed by atoms with Crippen LogP contribution in [0, 0.1) is 0 Å². The summed E-state index contributed by atoms with van der Waals surface area (Å²) >= 11 is 0. The molecule has 0 radical (unpaired) electrons. The zero-order valence-electron chi connectivity index (χ0n) is 11.6. The molecule has 3 rings (SSSR count). The van der Waals surface area contributed by atoms with Crippen LogP contribution in [0.15, 0.2) is 54.7 Å². The summed E-state index contributed by atoms with van der Waals surface area (Å²) < 4.78 is 0. The van der Waals surface area contributed by atoms with Gasteiger partial charge < -0.3 is 16.0 Å². The number of para-hydroxylation sites is 1. The number of carbonyl (C=O) groups is 1. The van der Waals surface area contributed by atoms with E-state index in [-0.39, 0.29) is 12.3 Å². The maximum absolute atomic E-state index is 10.9. The van der Waals surface area contributed by atoms with Crippen molar-refractivity contribution >= 4 is 22.5 Å². The van der Waals surface area contributed by atoms with Gasteiger partial charge in [0.15, 0.2) is 0 Å². The lowest BCUT2D eigenvalue weighted by Gasteiger charge is -2.08. The number of primary amides is 1. The topological polar surface area (TPSA) is 70.9 Å². The highest BCUT2D eigenvalue weighted by molar-refractivity contribution is 5.82. The Hall–Kier alpha value is -2.75. The minimum atomic E-state index is -0.311. The van der Waals surface area contributed by atoms with Gasteiger partial charge in [-0.3, -0.25) is 4.79 Å². The second-order valence-electron chi connectivity index (χ2n) is 5.05. The normalized spacial score (nSPS) is 10.7. The second kappa shape index (κ2) is 5.71. The smallest absolute Gasteiger partial charge is 0.221 e. The van der Waals surface area contributed by atoms with Crippen LogP contribution in [0.4, 0.5) is 5.69 Å². The molecule has 0 spiro atoms. The van der Waals surface area contributed by atoms with Crippen molar-refractivity contribution in [3.05, 3.63) is 65.9 Å². The van der Waals surface area contributed by atoms with Gasteiger partial charge in [0.05, 0.1) is 11.9 Å². The van der Waals surface area contributed by atoms with Crippen LogP contribution in [0.1, 0.15) is 11.1 Å². The molecule has 0 aliphatic heterocycles. The predicted octanol–water partition coefficient (Wildman–Crippen LogP) is 2.81. The van der Waals surface area contributed by atoms with E-state index in [1.54, 1.807) is 0 Å². The number of hydrogen-bond acceptors (Lipinski definition) is 2. The first-order chi connectivity index (χ1) is 10.2. The maximum Gasteiger partial charge on any atom is 0.221 e. The first-order valence-corrected chi connectivity index (χ1v) is 6.88. The van der Waals surface area contributed by atoms with E-state index in [1.807, 2.05) is 30.5 Å². The molecule has 0 unspecified atom stereocenters. The molecule has 0 aliphatic carbocycles. The number of benzene rings is 2. The largest absolute Gasteiger partial charge is 0.381 e. The van der Waals surface area contributed by atoms with Gasteiger partial charge in [-0.25, -0.2) is 0 Å². The van der Waals surface area contributed by atoms with E-state index >= 15 is 0 Å². The Balaban J connectivity index is 1.70. The van der Waals surface area contributed by atoms with Gasteiger partial charge in [-0.15, -0.1) is 0 Å². The number of H-pyrrole nitrogens is 1. The van der Waals surface area contributed by atoms with Crippen LogP contribution in [0.25, 0.3) is 10.9 Å². The Kier molecular flexibility index (Phi) is 3.60. The average molecular weight is 279 g/mol. The number of nitrogens with one attached hydrogen (secondary N) is 2. The zero-order valence-corrected chi connectivity index (χ0v) is 11.6. The fourth-order valence-corrected chi connectivity index (χ4v) is 2.44. The molecule has 106 valence electrons. The fourth-order valence-electron chi connectivity index (χ4n) is 2.44. The summed E-state index contributed by atoms with van der Waals surface area (Å²) in [5.41, 5.74) is 9.52. The Labute approximate surface area is 123 Å². The molecule has 0 saturated carbocycles. The number of carbonyl (C=O) groups excluding carboxylic acids is 1. The van der Waals surface area contributed by atoms with E-state index in [9.17, 15) is 4.79 Å². The van der Waals surface area contributed by atoms with Gasteiger partial charge in [0, 0.05) is 18.4 Å². The number of fused-ring (bicyclic) bond motifs is 1. The molecule has 3 aromatic rings. The van der Waals surface area contributed by atoms with E-state index in [0.717, 1.165) is 23.3 Å². The van der Waals surface area contributed by atoms with Crippen molar-refractivity contribution in [1.82, 2.24) is 4.98 Å². The van der Waals surface area contributed by atoms with Crippen LogP contribution < -0.4 is 11.1 Å². The molecule has 0 fully saturated rings. The molecule has 0 saturated heterocycles. The van der Waals surface area contributed by atoms with Crippen molar-refractivity contribution in [2.75, 3.05) is 5.32 Å². The number of anilines is 1. The van der Waals surface area contributed by atoms with E-state index in [4.69, 9.17) is 5.73 Å².